The van der Waals surface area contributed by atoms with E-state index in [1.165, 1.54) is 13.8 Å². The third-order valence-corrected chi connectivity index (χ3v) is 9.75. The molecule has 0 unspecified atom stereocenters. The lowest BCUT2D eigenvalue weighted by atomic mass is 9.50. The average Bonchev–Trinajstić information content (AvgIpc) is 3.37. The number of ether oxygens (including phenoxy) is 5. The summed E-state index contributed by atoms with van der Waals surface area (Å²) in [5.74, 6) is -3.63. The number of aliphatic hydroxyl groups is 2. The Balaban J connectivity index is 1.30. The van der Waals surface area contributed by atoms with E-state index in [-0.39, 0.29) is 31.2 Å². The molecule has 0 aromatic heterocycles. The Morgan fingerprint density at radius 1 is 1.10 bits per heavy atom. The number of aliphatic carboxylic acids is 1. The number of likely N-dealkylation sites (tertiary alicyclic amines) is 1. The number of carbonyl (C=O) groups is 5. The summed E-state index contributed by atoms with van der Waals surface area (Å²) in [6.07, 6.45) is -2.98. The molecule has 2 aliphatic carbocycles. The lowest BCUT2D eigenvalue weighted by Gasteiger charge is -2.61. The van der Waals surface area contributed by atoms with Gasteiger partial charge in [-0.3, -0.25) is 9.59 Å². The highest BCUT2D eigenvalue weighted by Crippen LogP contribution is 2.64. The first-order chi connectivity index (χ1) is 22.9. The first kappa shape index (κ1) is 36.1. The molecule has 1 amide bonds. The van der Waals surface area contributed by atoms with Crippen molar-refractivity contribution in [3.63, 3.8) is 0 Å². The van der Waals surface area contributed by atoms with Crippen LogP contribution < -0.4 is 10.1 Å². The molecule has 1 aromatic carbocycles. The van der Waals surface area contributed by atoms with Gasteiger partial charge in [0.25, 0.3) is 5.91 Å². The van der Waals surface area contributed by atoms with E-state index in [4.69, 9.17) is 23.7 Å². The normalized spacial score (nSPS) is 26.9. The minimum absolute atomic E-state index is 0.137. The summed E-state index contributed by atoms with van der Waals surface area (Å²) in [6, 6.07) is 2.00. The highest BCUT2D eigenvalue weighted by Gasteiger charge is 2.72. The van der Waals surface area contributed by atoms with Gasteiger partial charge in [-0.2, -0.15) is 0 Å². The quantitative estimate of drug-likeness (QED) is 0.193. The van der Waals surface area contributed by atoms with Crippen LogP contribution in [-0.4, -0.2) is 105 Å². The molecule has 2 heterocycles. The SMILES string of the molecule is C[C@H](OC(=O)OC(C)(C)C)C(=O)N[C@@H](CCC(=O)O)C(=O)O[C@@H](C)C(=O)OC1=CC[C@@]2(O)[C@H]3Cc4ccc(CO)c5c4[C@@]2(CCN3C)[C@H]1O5. The molecule has 2 aliphatic heterocycles. The molecule has 1 spiro atoms. The number of nitrogens with one attached hydrogen (secondary N) is 1. The number of nitrogens with zero attached hydrogens (tertiary/aromatic N) is 1. The smallest absolute Gasteiger partial charge is 0.481 e. The van der Waals surface area contributed by atoms with Gasteiger partial charge in [0.15, 0.2) is 18.3 Å². The number of carboxylic acid groups (broad SMARTS) is 1. The number of piperidine rings is 1. The molecule has 7 atom stereocenters. The number of carboxylic acids is 1. The van der Waals surface area contributed by atoms with Crippen molar-refractivity contribution < 1.29 is 63.0 Å². The molecule has 5 rings (SSSR count). The monoisotopic (exact) mass is 688 g/mol. The Bertz CT molecular complexity index is 1570. The van der Waals surface area contributed by atoms with Crippen LogP contribution in [-0.2, 0) is 56.6 Å². The van der Waals surface area contributed by atoms with Crippen molar-refractivity contribution in [2.24, 2.45) is 0 Å². The molecule has 49 heavy (non-hydrogen) atoms. The van der Waals surface area contributed by atoms with Gasteiger partial charge in [-0.1, -0.05) is 12.1 Å². The number of aliphatic hydroxyl groups excluding tert-OH is 1. The predicted octanol–water partition coefficient (Wildman–Crippen LogP) is 1.62. The third kappa shape index (κ3) is 6.58. The van der Waals surface area contributed by atoms with Crippen molar-refractivity contribution in [3.05, 3.63) is 40.7 Å². The molecule has 4 N–H and O–H groups in total. The van der Waals surface area contributed by atoms with Crippen molar-refractivity contribution in [2.45, 2.75) is 120 Å². The van der Waals surface area contributed by atoms with Gasteiger partial charge in [0, 0.05) is 30.0 Å². The zero-order chi connectivity index (χ0) is 36.1. The van der Waals surface area contributed by atoms with Crippen LogP contribution in [0.1, 0.15) is 77.0 Å². The van der Waals surface area contributed by atoms with Gasteiger partial charge in [-0.05, 0) is 79.1 Å². The fourth-order valence-electron chi connectivity index (χ4n) is 7.41. The average molecular weight is 689 g/mol. The van der Waals surface area contributed by atoms with Crippen molar-refractivity contribution in [2.75, 3.05) is 13.6 Å². The highest BCUT2D eigenvalue weighted by atomic mass is 16.7. The maximum absolute atomic E-state index is 13.4. The van der Waals surface area contributed by atoms with Gasteiger partial charge in [-0.15, -0.1) is 0 Å². The summed E-state index contributed by atoms with van der Waals surface area (Å²) < 4.78 is 27.6. The number of hydrogen-bond acceptors (Lipinski definition) is 13. The van der Waals surface area contributed by atoms with Crippen LogP contribution in [0.25, 0.3) is 0 Å². The van der Waals surface area contributed by atoms with E-state index in [0.717, 1.165) is 11.1 Å². The number of esters is 2. The van der Waals surface area contributed by atoms with Crippen molar-refractivity contribution in [3.8, 4) is 5.75 Å². The molecule has 15 nitrogen and oxygen atoms in total. The lowest BCUT2D eigenvalue weighted by molar-refractivity contribution is -0.176. The lowest BCUT2D eigenvalue weighted by Crippen LogP contribution is -2.74. The van der Waals surface area contributed by atoms with Gasteiger partial charge in [0.2, 0.25) is 0 Å². The molecular weight excluding hydrogens is 644 g/mol. The Hall–Kier alpha value is -4.21. The number of hydrogen-bond donors (Lipinski definition) is 4. The summed E-state index contributed by atoms with van der Waals surface area (Å²) in [4.78, 5) is 64.7. The van der Waals surface area contributed by atoms with Crippen LogP contribution in [0.2, 0.25) is 0 Å². The van der Waals surface area contributed by atoms with Crippen LogP contribution >= 0.6 is 0 Å². The number of amides is 1. The molecule has 1 saturated heterocycles. The fraction of sp³-hybridized carbons (Fsp3) is 0.618. The van der Waals surface area contributed by atoms with Gasteiger partial charge in [-0.25, -0.2) is 14.4 Å². The van der Waals surface area contributed by atoms with E-state index >= 15 is 0 Å². The minimum atomic E-state index is -1.51. The number of benzene rings is 1. The van der Waals surface area contributed by atoms with E-state index in [1.54, 1.807) is 32.9 Å². The molecule has 0 saturated carbocycles. The second-order valence-corrected chi connectivity index (χ2v) is 14.1. The van der Waals surface area contributed by atoms with Crippen LogP contribution in [0.4, 0.5) is 4.79 Å². The van der Waals surface area contributed by atoms with Gasteiger partial charge in [0.05, 0.1) is 17.6 Å². The molecule has 0 radical (unpaired) electrons. The molecular formula is C34H44N2O13. The molecule has 2 bridgehead atoms. The topological polar surface area (TPSA) is 207 Å². The van der Waals surface area contributed by atoms with Crippen LogP contribution in [0.3, 0.4) is 0 Å². The van der Waals surface area contributed by atoms with Crippen LogP contribution in [0.5, 0.6) is 5.75 Å². The molecule has 4 aliphatic rings. The summed E-state index contributed by atoms with van der Waals surface area (Å²) in [5, 5.41) is 34.0. The summed E-state index contributed by atoms with van der Waals surface area (Å²) in [6.45, 7) is 7.69. The summed E-state index contributed by atoms with van der Waals surface area (Å²) >= 11 is 0. The zero-order valence-electron chi connectivity index (χ0n) is 28.4. The summed E-state index contributed by atoms with van der Waals surface area (Å²) in [5.41, 5.74) is -0.719. The summed E-state index contributed by atoms with van der Waals surface area (Å²) in [7, 11) is 1.96. The number of likely N-dealkylation sites (N-methyl/N-ethyl adjacent to an activating group) is 1. The van der Waals surface area contributed by atoms with E-state index in [9.17, 15) is 39.3 Å². The minimum Gasteiger partial charge on any atom is -0.481 e. The second-order valence-electron chi connectivity index (χ2n) is 14.1. The molecule has 268 valence electrons. The van der Waals surface area contributed by atoms with E-state index < -0.39 is 77.4 Å². The molecule has 1 fully saturated rings. The Kier molecular flexibility index (Phi) is 9.76. The molecule has 15 heteroatoms. The maximum atomic E-state index is 13.4. The first-order valence-corrected chi connectivity index (χ1v) is 16.3. The van der Waals surface area contributed by atoms with Gasteiger partial charge in [0.1, 0.15) is 23.2 Å². The van der Waals surface area contributed by atoms with Crippen LogP contribution in [0.15, 0.2) is 24.0 Å². The second kappa shape index (κ2) is 13.2. The van der Waals surface area contributed by atoms with Crippen LogP contribution in [0, 0.1) is 0 Å². The number of rotatable bonds is 11. The Morgan fingerprint density at radius 2 is 1.82 bits per heavy atom. The van der Waals surface area contributed by atoms with Crippen molar-refractivity contribution in [1.29, 1.82) is 0 Å². The van der Waals surface area contributed by atoms with E-state index in [1.807, 2.05) is 13.1 Å². The maximum Gasteiger partial charge on any atom is 0.509 e. The fourth-order valence-corrected chi connectivity index (χ4v) is 7.41. The van der Waals surface area contributed by atoms with Gasteiger partial charge >= 0.3 is 24.1 Å². The van der Waals surface area contributed by atoms with Gasteiger partial charge < -0.3 is 49.2 Å². The zero-order valence-corrected chi connectivity index (χ0v) is 28.4. The van der Waals surface area contributed by atoms with Crippen molar-refractivity contribution in [1.82, 2.24) is 10.2 Å². The Morgan fingerprint density at radius 3 is 2.47 bits per heavy atom. The third-order valence-electron chi connectivity index (χ3n) is 9.75. The van der Waals surface area contributed by atoms with Crippen molar-refractivity contribution >= 4 is 30.0 Å². The number of carbonyl (C=O) groups excluding carboxylic acids is 4. The highest BCUT2D eigenvalue weighted by molar-refractivity contribution is 5.89. The Labute approximate surface area is 283 Å². The first-order valence-electron chi connectivity index (χ1n) is 16.3. The van der Waals surface area contributed by atoms with E-state index in [0.29, 0.717) is 30.7 Å². The standard InChI is InChI=1S/C34H44N2O13/c1-17(46-31(43)49-32(3,4)5)28(40)35-21(9-10-24(38)39)30(42)45-18(2)29(41)47-22-11-12-34(44)23-15-19-7-8-20(16-37)26-25(19)33(34,27(22)48-26)13-14-36(23)6/h7-8,11,17-18,21,23,27,37,44H,9-10,12-16H2,1-6H3,(H,35,40)(H,38,39)/t17-,18-,21-,23+,27-,33-,34+/m0/s1. The predicted molar refractivity (Wildman–Crippen MR) is 168 cm³/mol. The largest absolute Gasteiger partial charge is 0.509 e. The molecule has 1 aromatic rings. The van der Waals surface area contributed by atoms with E-state index in [2.05, 4.69) is 10.2 Å².